The number of benzene rings is 1. The number of hydrogen-bond donors (Lipinski definition) is 1. The van der Waals surface area contributed by atoms with Crippen LogP contribution in [0.25, 0.3) is 0 Å². The number of hydrogen-bond acceptors (Lipinski definition) is 4. The van der Waals surface area contributed by atoms with Gasteiger partial charge in [-0.1, -0.05) is 6.07 Å². The van der Waals surface area contributed by atoms with Crippen molar-refractivity contribution in [2.45, 2.75) is 24.3 Å². The number of rotatable bonds is 3. The van der Waals surface area contributed by atoms with Crippen molar-refractivity contribution < 1.29 is 9.47 Å². The maximum Gasteiger partial charge on any atom is 0.147 e. The molecule has 3 nitrogen and oxygen atoms in total. The number of aryl methyl sites for hydroxylation is 1. The van der Waals surface area contributed by atoms with Gasteiger partial charge in [0.05, 0.1) is 12.7 Å². The average Bonchev–Trinajstić information content (AvgIpc) is 2.32. The minimum atomic E-state index is 0.305. The van der Waals surface area contributed by atoms with Crippen LogP contribution in [0.5, 0.6) is 0 Å². The molecule has 0 aromatic heterocycles. The van der Waals surface area contributed by atoms with Gasteiger partial charge in [-0.05, 0) is 31.0 Å². The van der Waals surface area contributed by atoms with Crippen LogP contribution in [-0.2, 0) is 9.47 Å². The van der Waals surface area contributed by atoms with Gasteiger partial charge in [0.25, 0.3) is 0 Å². The highest BCUT2D eigenvalue weighted by Gasteiger charge is 2.14. The largest absolute Gasteiger partial charge is 0.399 e. The first-order valence-electron chi connectivity index (χ1n) is 5.44. The van der Waals surface area contributed by atoms with Gasteiger partial charge in [-0.25, -0.2) is 0 Å². The van der Waals surface area contributed by atoms with E-state index in [4.69, 9.17) is 15.2 Å². The second-order valence-corrected chi connectivity index (χ2v) is 5.00. The molecule has 1 fully saturated rings. The molecule has 1 aliphatic heterocycles. The van der Waals surface area contributed by atoms with E-state index in [-0.39, 0.29) is 0 Å². The number of thioether (sulfide) groups is 1. The Morgan fingerprint density at radius 1 is 1.50 bits per heavy atom. The summed E-state index contributed by atoms with van der Waals surface area (Å²) in [5.74, 6) is 0.966. The van der Waals surface area contributed by atoms with Crippen molar-refractivity contribution in [2.24, 2.45) is 0 Å². The molecule has 0 radical (unpaired) electrons. The smallest absolute Gasteiger partial charge is 0.147 e. The molecule has 2 N–H and O–H groups in total. The Morgan fingerprint density at radius 2 is 2.38 bits per heavy atom. The van der Waals surface area contributed by atoms with E-state index in [0.29, 0.717) is 12.9 Å². The molecule has 1 heterocycles. The molecule has 2 rings (SSSR count). The molecule has 0 spiro atoms. The lowest BCUT2D eigenvalue weighted by Gasteiger charge is -2.22. The molecule has 0 bridgehead atoms. The molecule has 0 amide bonds. The van der Waals surface area contributed by atoms with E-state index in [1.54, 1.807) is 0 Å². The Kier molecular flexibility index (Phi) is 4.09. The normalized spacial score (nSPS) is 20.9. The lowest BCUT2D eigenvalue weighted by atomic mass is 10.2. The van der Waals surface area contributed by atoms with Gasteiger partial charge >= 0.3 is 0 Å². The van der Waals surface area contributed by atoms with Crippen LogP contribution in [0, 0.1) is 6.92 Å². The Bertz CT molecular complexity index is 351. The molecular formula is C12H17NO2S. The minimum Gasteiger partial charge on any atom is -0.399 e. The molecule has 88 valence electrons. The average molecular weight is 239 g/mol. The Balaban J connectivity index is 1.90. The van der Waals surface area contributed by atoms with Gasteiger partial charge in [0.15, 0.2) is 0 Å². The maximum atomic E-state index is 5.77. The lowest BCUT2D eigenvalue weighted by molar-refractivity contribution is -0.130. The highest BCUT2D eigenvalue weighted by Crippen LogP contribution is 2.26. The van der Waals surface area contributed by atoms with E-state index in [9.17, 15) is 0 Å². The van der Waals surface area contributed by atoms with Crippen LogP contribution in [0.2, 0.25) is 0 Å². The molecule has 1 aromatic rings. The lowest BCUT2D eigenvalue weighted by Crippen LogP contribution is -2.25. The Labute approximate surface area is 100 Å². The summed E-state index contributed by atoms with van der Waals surface area (Å²) in [6.07, 6.45) is 1.29. The first-order chi connectivity index (χ1) is 7.75. The van der Waals surface area contributed by atoms with Crippen molar-refractivity contribution in [1.82, 2.24) is 0 Å². The van der Waals surface area contributed by atoms with Crippen molar-refractivity contribution in [1.29, 1.82) is 0 Å². The van der Waals surface area contributed by atoms with Crippen molar-refractivity contribution in [2.75, 3.05) is 24.9 Å². The van der Waals surface area contributed by atoms with Crippen molar-refractivity contribution in [3.8, 4) is 0 Å². The minimum absolute atomic E-state index is 0.305. The molecule has 0 aliphatic carbocycles. The molecule has 0 saturated carbocycles. The molecule has 1 unspecified atom stereocenters. The predicted octanol–water partition coefficient (Wildman–Crippen LogP) is 2.43. The fourth-order valence-corrected chi connectivity index (χ4v) is 2.73. The fraction of sp³-hybridized carbons (Fsp3) is 0.500. The topological polar surface area (TPSA) is 44.5 Å². The summed E-state index contributed by atoms with van der Waals surface area (Å²) in [6, 6.07) is 6.02. The van der Waals surface area contributed by atoms with E-state index >= 15 is 0 Å². The Morgan fingerprint density at radius 3 is 3.12 bits per heavy atom. The van der Waals surface area contributed by atoms with Crippen LogP contribution >= 0.6 is 11.8 Å². The van der Waals surface area contributed by atoms with Gasteiger partial charge in [0.1, 0.15) is 6.79 Å². The maximum absolute atomic E-state index is 5.77. The van der Waals surface area contributed by atoms with Gasteiger partial charge in [0.2, 0.25) is 0 Å². The van der Waals surface area contributed by atoms with Crippen LogP contribution in [0.4, 0.5) is 5.69 Å². The first kappa shape index (κ1) is 11.8. The molecular weight excluding hydrogens is 222 g/mol. The van der Waals surface area contributed by atoms with Gasteiger partial charge in [0, 0.05) is 16.3 Å². The van der Waals surface area contributed by atoms with E-state index in [1.807, 2.05) is 23.9 Å². The number of nitrogens with two attached hydrogens (primary N) is 1. The molecule has 1 aromatic carbocycles. The molecule has 1 atom stereocenters. The fourth-order valence-electron chi connectivity index (χ4n) is 1.59. The summed E-state index contributed by atoms with van der Waals surface area (Å²) in [7, 11) is 0. The van der Waals surface area contributed by atoms with Gasteiger partial charge in [-0.2, -0.15) is 0 Å². The van der Waals surface area contributed by atoms with Crippen molar-refractivity contribution >= 4 is 17.4 Å². The van der Waals surface area contributed by atoms with E-state index < -0.39 is 0 Å². The SMILES string of the molecule is Cc1ccc(N)cc1SCC1CCOCO1. The van der Waals surface area contributed by atoms with Crippen molar-refractivity contribution in [3.63, 3.8) is 0 Å². The van der Waals surface area contributed by atoms with Crippen LogP contribution in [0.3, 0.4) is 0 Å². The Hall–Kier alpha value is -0.710. The number of ether oxygens (including phenoxy) is 2. The third-order valence-electron chi connectivity index (χ3n) is 2.61. The highest BCUT2D eigenvalue weighted by molar-refractivity contribution is 7.99. The third-order valence-corrected chi connectivity index (χ3v) is 3.90. The zero-order valence-electron chi connectivity index (χ0n) is 9.44. The van der Waals surface area contributed by atoms with Crippen LogP contribution in [0.1, 0.15) is 12.0 Å². The summed E-state index contributed by atoms with van der Waals surface area (Å²) in [6.45, 7) is 3.34. The summed E-state index contributed by atoms with van der Waals surface area (Å²) in [5.41, 5.74) is 7.86. The second-order valence-electron chi connectivity index (χ2n) is 3.94. The van der Waals surface area contributed by atoms with Gasteiger partial charge in [-0.3, -0.25) is 0 Å². The molecule has 4 heteroatoms. The van der Waals surface area contributed by atoms with Crippen molar-refractivity contribution in [3.05, 3.63) is 23.8 Å². The van der Waals surface area contributed by atoms with Gasteiger partial charge in [-0.15, -0.1) is 11.8 Å². The molecule has 16 heavy (non-hydrogen) atoms. The predicted molar refractivity (Wildman–Crippen MR) is 66.6 cm³/mol. The van der Waals surface area contributed by atoms with Crippen LogP contribution in [0.15, 0.2) is 23.1 Å². The number of anilines is 1. The van der Waals surface area contributed by atoms with E-state index in [2.05, 4.69) is 13.0 Å². The van der Waals surface area contributed by atoms with E-state index in [0.717, 1.165) is 24.5 Å². The van der Waals surface area contributed by atoms with E-state index in [1.165, 1.54) is 10.5 Å². The van der Waals surface area contributed by atoms with Gasteiger partial charge < -0.3 is 15.2 Å². The summed E-state index contributed by atoms with van der Waals surface area (Å²) >= 11 is 1.81. The highest BCUT2D eigenvalue weighted by atomic mass is 32.2. The monoisotopic (exact) mass is 239 g/mol. The summed E-state index contributed by atoms with van der Waals surface area (Å²) < 4.78 is 10.6. The first-order valence-corrected chi connectivity index (χ1v) is 6.42. The second kappa shape index (κ2) is 5.57. The quantitative estimate of drug-likeness (QED) is 0.650. The summed E-state index contributed by atoms with van der Waals surface area (Å²) in [5, 5.41) is 0. The summed E-state index contributed by atoms with van der Waals surface area (Å²) in [4.78, 5) is 1.25. The third kappa shape index (κ3) is 3.14. The van der Waals surface area contributed by atoms with Crippen LogP contribution in [-0.4, -0.2) is 25.3 Å². The molecule has 1 aliphatic rings. The molecule has 1 saturated heterocycles. The number of nitrogen functional groups attached to an aromatic ring is 1. The zero-order valence-corrected chi connectivity index (χ0v) is 10.3. The van der Waals surface area contributed by atoms with Crippen LogP contribution < -0.4 is 5.73 Å². The standard InChI is InChI=1S/C12H17NO2S/c1-9-2-3-10(13)6-12(9)16-7-11-4-5-14-8-15-11/h2-3,6,11H,4-5,7-8,13H2,1H3. The zero-order chi connectivity index (χ0) is 11.4.